The van der Waals surface area contributed by atoms with Gasteiger partial charge < -0.3 is 15.2 Å². The summed E-state index contributed by atoms with van der Waals surface area (Å²) in [5.74, 6) is -0.165. The zero-order valence-corrected chi connectivity index (χ0v) is 19.5. The summed E-state index contributed by atoms with van der Waals surface area (Å²) >= 11 is 0. The molecule has 2 aliphatic rings. The number of nitrogens with zero attached hydrogens (tertiary/aromatic N) is 2. The van der Waals surface area contributed by atoms with E-state index < -0.39 is 5.97 Å². The summed E-state index contributed by atoms with van der Waals surface area (Å²) in [5, 5.41) is 17.8. The maximum Gasteiger partial charge on any atom is 0.351 e. The fourth-order valence-electron chi connectivity index (χ4n) is 4.50. The Balaban J connectivity index is 1.56. The van der Waals surface area contributed by atoms with Gasteiger partial charge in [-0.3, -0.25) is 4.79 Å². The van der Waals surface area contributed by atoms with Crippen LogP contribution in [0.15, 0.2) is 65.3 Å². The van der Waals surface area contributed by atoms with Crippen LogP contribution in [0.25, 0.3) is 5.70 Å². The molecule has 2 N–H and O–H groups in total. The largest absolute Gasteiger partial charge is 0.489 e. The summed E-state index contributed by atoms with van der Waals surface area (Å²) in [6.07, 6.45) is 6.48. The lowest BCUT2D eigenvalue weighted by atomic mass is 9.83. The summed E-state index contributed by atoms with van der Waals surface area (Å²) in [6.45, 7) is 2.01. The molecule has 7 nitrogen and oxygen atoms in total. The fraction of sp³-hybridized carbons (Fsp3) is 0.370. The second-order valence-corrected chi connectivity index (χ2v) is 8.89. The maximum atomic E-state index is 13.4. The molecule has 0 aromatic heterocycles. The molecule has 0 spiro atoms. The van der Waals surface area contributed by atoms with Gasteiger partial charge in [-0.2, -0.15) is 5.10 Å². The molecule has 34 heavy (non-hydrogen) atoms. The van der Waals surface area contributed by atoms with E-state index in [0.29, 0.717) is 24.5 Å². The zero-order chi connectivity index (χ0) is 23.9. The Morgan fingerprint density at radius 1 is 1.09 bits per heavy atom. The molecule has 4 rings (SSSR count). The Morgan fingerprint density at radius 3 is 2.47 bits per heavy atom. The number of carbonyl (C=O) groups is 2. The van der Waals surface area contributed by atoms with Crippen LogP contribution in [0.4, 0.5) is 0 Å². The first-order chi connectivity index (χ1) is 16.5. The summed E-state index contributed by atoms with van der Waals surface area (Å²) in [6, 6.07) is 17.7. The second-order valence-electron chi connectivity index (χ2n) is 8.89. The molecule has 2 aromatic rings. The standard InChI is InChI=1S/C27H31N3O4/c1-19(27(32)33)29-30-18-28-25(24(26(30)31)16-20-8-4-2-5-9-20)22-12-14-23(15-13-22)34-17-21-10-6-3-7-11-21/h3,6-7,10-15,20,28H,2,4-5,8-9,16-18H2,1H3,(H,32,33)/b29-19+. The Hall–Kier alpha value is -3.61. The number of carboxylic acids is 1. The van der Waals surface area contributed by atoms with Crippen LogP contribution < -0.4 is 10.1 Å². The highest BCUT2D eigenvalue weighted by molar-refractivity contribution is 6.34. The smallest absolute Gasteiger partial charge is 0.351 e. The number of benzene rings is 2. The van der Waals surface area contributed by atoms with Gasteiger partial charge in [0, 0.05) is 5.57 Å². The van der Waals surface area contributed by atoms with Crippen molar-refractivity contribution in [1.82, 2.24) is 10.3 Å². The van der Waals surface area contributed by atoms with E-state index >= 15 is 0 Å². The number of rotatable bonds is 8. The molecule has 1 amide bonds. The quantitative estimate of drug-likeness (QED) is 0.551. The predicted molar refractivity (Wildman–Crippen MR) is 131 cm³/mol. The van der Waals surface area contributed by atoms with Crippen molar-refractivity contribution >= 4 is 23.3 Å². The van der Waals surface area contributed by atoms with Gasteiger partial charge >= 0.3 is 5.97 Å². The number of hydrazone groups is 1. The van der Waals surface area contributed by atoms with Crippen molar-refractivity contribution in [3.63, 3.8) is 0 Å². The van der Waals surface area contributed by atoms with E-state index in [1.165, 1.54) is 31.2 Å². The minimum atomic E-state index is -1.14. The number of ether oxygens (including phenoxy) is 1. The number of amides is 1. The lowest BCUT2D eigenvalue weighted by molar-refractivity contribution is -0.129. The molecule has 0 unspecified atom stereocenters. The van der Waals surface area contributed by atoms with E-state index in [2.05, 4.69) is 10.4 Å². The molecular weight excluding hydrogens is 430 g/mol. The first kappa shape index (κ1) is 23.5. The molecule has 0 radical (unpaired) electrons. The SMILES string of the molecule is C/C(=N\N1CNC(c2ccc(OCc3ccccc3)cc2)=C(CC2CCCCC2)C1=O)C(=O)O. The van der Waals surface area contributed by atoms with Gasteiger partial charge in [0.15, 0.2) is 0 Å². The molecule has 1 fully saturated rings. The van der Waals surface area contributed by atoms with Crippen LogP contribution in [-0.2, 0) is 16.2 Å². The van der Waals surface area contributed by atoms with Crippen LogP contribution in [0.5, 0.6) is 5.75 Å². The molecule has 178 valence electrons. The van der Waals surface area contributed by atoms with Gasteiger partial charge in [-0.1, -0.05) is 62.4 Å². The highest BCUT2D eigenvalue weighted by Crippen LogP contribution is 2.34. The first-order valence-electron chi connectivity index (χ1n) is 11.9. The number of hydrogen-bond acceptors (Lipinski definition) is 5. The maximum absolute atomic E-state index is 13.4. The van der Waals surface area contributed by atoms with Gasteiger partial charge in [-0.25, -0.2) is 9.80 Å². The highest BCUT2D eigenvalue weighted by Gasteiger charge is 2.30. The third kappa shape index (κ3) is 5.84. The minimum absolute atomic E-state index is 0.115. The third-order valence-corrected chi connectivity index (χ3v) is 6.39. The van der Waals surface area contributed by atoms with Gasteiger partial charge in [0.2, 0.25) is 0 Å². The number of carbonyl (C=O) groups excluding carboxylic acids is 1. The lowest BCUT2D eigenvalue weighted by Crippen LogP contribution is -2.42. The first-order valence-corrected chi connectivity index (χ1v) is 11.9. The number of nitrogens with one attached hydrogen (secondary N) is 1. The van der Waals surface area contributed by atoms with E-state index in [-0.39, 0.29) is 18.3 Å². The van der Waals surface area contributed by atoms with E-state index in [1.54, 1.807) is 0 Å². The molecule has 0 saturated heterocycles. The number of carboxylic acid groups (broad SMARTS) is 1. The van der Waals surface area contributed by atoms with Crippen molar-refractivity contribution in [2.24, 2.45) is 11.0 Å². The number of hydrogen-bond donors (Lipinski definition) is 2. The Kier molecular flexibility index (Phi) is 7.62. The lowest BCUT2D eigenvalue weighted by Gasteiger charge is -2.31. The van der Waals surface area contributed by atoms with Crippen molar-refractivity contribution in [2.75, 3.05) is 6.67 Å². The molecule has 1 heterocycles. The Labute approximate surface area is 200 Å². The predicted octanol–water partition coefficient (Wildman–Crippen LogP) is 4.80. The molecule has 1 aliphatic heterocycles. The van der Waals surface area contributed by atoms with Crippen LogP contribution in [0.1, 0.15) is 56.6 Å². The van der Waals surface area contributed by atoms with Gasteiger partial charge in [0.25, 0.3) is 5.91 Å². The molecule has 2 aromatic carbocycles. The zero-order valence-electron chi connectivity index (χ0n) is 19.5. The summed E-state index contributed by atoms with van der Waals surface area (Å²) in [5.41, 5.74) is 3.35. The Morgan fingerprint density at radius 2 is 1.79 bits per heavy atom. The van der Waals surface area contributed by atoms with E-state index in [0.717, 1.165) is 35.4 Å². The second kappa shape index (κ2) is 11.0. The third-order valence-electron chi connectivity index (χ3n) is 6.39. The van der Waals surface area contributed by atoms with E-state index in [9.17, 15) is 14.7 Å². The van der Waals surface area contributed by atoms with Crippen molar-refractivity contribution in [3.05, 3.63) is 71.3 Å². The summed E-state index contributed by atoms with van der Waals surface area (Å²) < 4.78 is 5.90. The topological polar surface area (TPSA) is 91.2 Å². The highest BCUT2D eigenvalue weighted by atomic mass is 16.5. The Bertz CT molecular complexity index is 1070. The van der Waals surface area contributed by atoms with Crippen LogP contribution in [0, 0.1) is 5.92 Å². The molecule has 0 atom stereocenters. The van der Waals surface area contributed by atoms with Gasteiger partial charge in [0.1, 0.15) is 24.7 Å². The normalized spacial score (nSPS) is 17.5. The van der Waals surface area contributed by atoms with Gasteiger partial charge in [-0.05, 0) is 54.7 Å². The monoisotopic (exact) mass is 461 g/mol. The summed E-state index contributed by atoms with van der Waals surface area (Å²) in [7, 11) is 0. The molecule has 0 bridgehead atoms. The van der Waals surface area contributed by atoms with E-state index in [4.69, 9.17) is 4.74 Å². The molecule has 7 heteroatoms. The van der Waals surface area contributed by atoms with Crippen LogP contribution >= 0.6 is 0 Å². The van der Waals surface area contributed by atoms with Crippen molar-refractivity contribution in [1.29, 1.82) is 0 Å². The molecular formula is C27H31N3O4. The van der Waals surface area contributed by atoms with E-state index in [1.807, 2.05) is 54.6 Å². The van der Waals surface area contributed by atoms with Gasteiger partial charge in [0.05, 0.1) is 5.70 Å². The fourth-order valence-corrected chi connectivity index (χ4v) is 4.50. The number of aliphatic carboxylic acids is 1. The van der Waals surface area contributed by atoms with Crippen molar-refractivity contribution < 1.29 is 19.4 Å². The minimum Gasteiger partial charge on any atom is -0.489 e. The average molecular weight is 462 g/mol. The van der Waals surface area contributed by atoms with Crippen LogP contribution in [-0.4, -0.2) is 34.4 Å². The van der Waals surface area contributed by atoms with Crippen molar-refractivity contribution in [2.45, 2.75) is 52.1 Å². The van der Waals surface area contributed by atoms with Crippen LogP contribution in [0.2, 0.25) is 0 Å². The van der Waals surface area contributed by atoms with Crippen molar-refractivity contribution in [3.8, 4) is 5.75 Å². The molecule has 1 aliphatic carbocycles. The molecule has 1 saturated carbocycles. The van der Waals surface area contributed by atoms with Crippen LogP contribution in [0.3, 0.4) is 0 Å². The van der Waals surface area contributed by atoms with Gasteiger partial charge in [-0.15, -0.1) is 0 Å². The average Bonchev–Trinajstić information content (AvgIpc) is 2.87. The summed E-state index contributed by atoms with van der Waals surface area (Å²) in [4.78, 5) is 24.6.